The van der Waals surface area contributed by atoms with E-state index < -0.39 is 0 Å². The second kappa shape index (κ2) is 20.2. The Bertz CT molecular complexity index is 305. The molecule has 1 rings (SSSR count). The van der Waals surface area contributed by atoms with Gasteiger partial charge in [0.15, 0.2) is 0 Å². The van der Waals surface area contributed by atoms with Gasteiger partial charge in [-0.1, -0.05) is 122 Å². The van der Waals surface area contributed by atoms with Crippen molar-refractivity contribution in [2.45, 2.75) is 148 Å². The van der Waals surface area contributed by atoms with Crippen molar-refractivity contribution >= 4 is 0 Å². The normalized spacial score (nSPS) is 19.5. The van der Waals surface area contributed by atoms with Crippen LogP contribution in [-0.4, -0.2) is 24.4 Å². The lowest BCUT2D eigenvalue weighted by Crippen LogP contribution is -2.19. The van der Waals surface area contributed by atoms with E-state index >= 15 is 0 Å². The van der Waals surface area contributed by atoms with Crippen LogP contribution in [0.15, 0.2) is 0 Å². The van der Waals surface area contributed by atoms with Crippen molar-refractivity contribution < 1.29 is 9.84 Å². The fraction of sp³-hybridized carbons (Fsp3) is 1.00. The van der Waals surface area contributed by atoms with Crippen molar-refractivity contribution in [3.63, 3.8) is 0 Å². The van der Waals surface area contributed by atoms with Gasteiger partial charge in [0.2, 0.25) is 0 Å². The van der Waals surface area contributed by atoms with E-state index in [2.05, 4.69) is 6.92 Å². The summed E-state index contributed by atoms with van der Waals surface area (Å²) in [7, 11) is 0. The van der Waals surface area contributed by atoms with Gasteiger partial charge in [0.1, 0.15) is 0 Å². The Morgan fingerprint density at radius 3 is 1.43 bits per heavy atom. The Labute approximate surface area is 177 Å². The van der Waals surface area contributed by atoms with Crippen molar-refractivity contribution in [3.05, 3.63) is 0 Å². The molecule has 2 atom stereocenters. The monoisotopic (exact) mass is 396 g/mol. The lowest BCUT2D eigenvalue weighted by molar-refractivity contribution is 0.0428. The van der Waals surface area contributed by atoms with Gasteiger partial charge >= 0.3 is 0 Å². The maximum Gasteiger partial charge on any atom is 0.0590 e. The first kappa shape index (κ1) is 26.0. The molecule has 1 saturated carbocycles. The molecule has 0 heterocycles. The molecule has 2 nitrogen and oxygen atoms in total. The molecule has 0 aromatic rings. The van der Waals surface area contributed by atoms with E-state index in [0.717, 1.165) is 26.1 Å². The van der Waals surface area contributed by atoms with Gasteiger partial charge in [-0.05, 0) is 19.3 Å². The molecule has 1 N–H and O–H groups in total. The van der Waals surface area contributed by atoms with Gasteiger partial charge in [-0.3, -0.25) is 0 Å². The minimum atomic E-state index is -0.0969. The largest absolute Gasteiger partial charge is 0.393 e. The minimum absolute atomic E-state index is 0.0969. The maximum atomic E-state index is 9.77. The van der Waals surface area contributed by atoms with Gasteiger partial charge in [-0.15, -0.1) is 0 Å². The molecular weight excluding hydrogens is 344 g/mol. The molecule has 1 aliphatic carbocycles. The lowest BCUT2D eigenvalue weighted by atomic mass is 10.0. The van der Waals surface area contributed by atoms with Gasteiger partial charge in [0.05, 0.1) is 12.7 Å². The van der Waals surface area contributed by atoms with E-state index in [0.29, 0.717) is 5.92 Å². The number of hydrogen-bond donors (Lipinski definition) is 1. The molecule has 168 valence electrons. The highest BCUT2D eigenvalue weighted by molar-refractivity contribution is 4.75. The molecule has 0 aromatic carbocycles. The van der Waals surface area contributed by atoms with Crippen LogP contribution in [0.2, 0.25) is 0 Å². The topological polar surface area (TPSA) is 29.5 Å². The Hall–Kier alpha value is -0.0800. The molecule has 0 bridgehead atoms. The number of ether oxygens (including phenoxy) is 1. The van der Waals surface area contributed by atoms with Gasteiger partial charge in [-0.2, -0.15) is 0 Å². The Morgan fingerprint density at radius 2 is 1.04 bits per heavy atom. The van der Waals surface area contributed by atoms with Gasteiger partial charge < -0.3 is 9.84 Å². The smallest absolute Gasteiger partial charge is 0.0590 e. The van der Waals surface area contributed by atoms with Crippen molar-refractivity contribution in [2.24, 2.45) is 5.92 Å². The van der Waals surface area contributed by atoms with E-state index in [1.54, 1.807) is 0 Å². The highest BCUT2D eigenvalue weighted by Crippen LogP contribution is 2.25. The summed E-state index contributed by atoms with van der Waals surface area (Å²) in [6, 6.07) is 0. The van der Waals surface area contributed by atoms with E-state index in [4.69, 9.17) is 4.74 Å². The Balaban J connectivity index is 1.65. The number of aliphatic hydroxyl groups excluding tert-OH is 1. The second-order valence-electron chi connectivity index (χ2n) is 9.34. The minimum Gasteiger partial charge on any atom is -0.393 e. The molecule has 0 amide bonds. The van der Waals surface area contributed by atoms with Crippen LogP contribution in [0, 0.1) is 5.92 Å². The lowest BCUT2D eigenvalue weighted by Gasteiger charge is -2.14. The summed E-state index contributed by atoms with van der Waals surface area (Å²) in [5.41, 5.74) is 0. The van der Waals surface area contributed by atoms with Crippen molar-refractivity contribution in [1.29, 1.82) is 0 Å². The number of hydrogen-bond acceptors (Lipinski definition) is 2. The van der Waals surface area contributed by atoms with Crippen molar-refractivity contribution in [1.82, 2.24) is 0 Å². The van der Waals surface area contributed by atoms with Crippen LogP contribution >= 0.6 is 0 Å². The summed E-state index contributed by atoms with van der Waals surface area (Å²) in [5.74, 6) is 0.413. The molecule has 0 aromatic heterocycles. The van der Waals surface area contributed by atoms with Crippen LogP contribution in [0.1, 0.15) is 142 Å². The molecule has 0 aliphatic heterocycles. The highest BCUT2D eigenvalue weighted by Gasteiger charge is 2.24. The number of rotatable bonds is 21. The zero-order chi connectivity index (χ0) is 20.1. The third-order valence-corrected chi connectivity index (χ3v) is 6.59. The predicted molar refractivity (Wildman–Crippen MR) is 123 cm³/mol. The van der Waals surface area contributed by atoms with E-state index in [1.165, 1.54) is 122 Å². The summed E-state index contributed by atoms with van der Waals surface area (Å²) in [4.78, 5) is 0. The first-order chi connectivity index (χ1) is 13.8. The van der Waals surface area contributed by atoms with Crippen molar-refractivity contribution in [2.75, 3.05) is 13.2 Å². The summed E-state index contributed by atoms with van der Waals surface area (Å²) < 4.78 is 5.76. The van der Waals surface area contributed by atoms with Crippen LogP contribution < -0.4 is 0 Å². The fourth-order valence-electron chi connectivity index (χ4n) is 4.55. The van der Waals surface area contributed by atoms with E-state index in [1.807, 2.05) is 0 Å². The van der Waals surface area contributed by atoms with E-state index in [9.17, 15) is 5.11 Å². The van der Waals surface area contributed by atoms with E-state index in [-0.39, 0.29) is 6.10 Å². The van der Waals surface area contributed by atoms with Crippen LogP contribution in [0.4, 0.5) is 0 Å². The Kier molecular flexibility index (Phi) is 18.7. The summed E-state index contributed by atoms with van der Waals surface area (Å²) in [6.45, 7) is 3.96. The third kappa shape index (κ3) is 15.8. The van der Waals surface area contributed by atoms with Crippen LogP contribution in [0.25, 0.3) is 0 Å². The zero-order valence-electron chi connectivity index (χ0n) is 19.3. The summed E-state index contributed by atoms with van der Waals surface area (Å²) in [5, 5.41) is 9.77. The molecule has 1 fully saturated rings. The zero-order valence-corrected chi connectivity index (χ0v) is 19.3. The molecule has 1 aliphatic rings. The van der Waals surface area contributed by atoms with Gasteiger partial charge in [0.25, 0.3) is 0 Å². The van der Waals surface area contributed by atoms with Gasteiger partial charge in [-0.25, -0.2) is 0 Å². The number of aliphatic hydroxyl groups is 1. The quantitative estimate of drug-likeness (QED) is 0.198. The molecule has 0 spiro atoms. The standard InChI is InChI=1S/C26H52O2/c1-2-3-4-5-6-7-8-9-10-11-12-13-14-15-16-17-18-19-23-28-24-25-21-20-22-26(25)27/h25-27H,2-24H2,1H3/t25-,26+/m0/s1. The third-order valence-electron chi connectivity index (χ3n) is 6.59. The first-order valence-electron chi connectivity index (χ1n) is 13.1. The van der Waals surface area contributed by atoms with Gasteiger partial charge in [0, 0.05) is 12.5 Å². The molecule has 2 heteroatoms. The maximum absolute atomic E-state index is 9.77. The summed E-state index contributed by atoms with van der Waals surface area (Å²) in [6.07, 6.45) is 28.8. The van der Waals surface area contributed by atoms with Crippen LogP contribution in [-0.2, 0) is 4.74 Å². The fourth-order valence-corrected chi connectivity index (χ4v) is 4.55. The van der Waals surface area contributed by atoms with Crippen LogP contribution in [0.3, 0.4) is 0 Å². The molecular formula is C26H52O2. The first-order valence-corrected chi connectivity index (χ1v) is 13.1. The van der Waals surface area contributed by atoms with Crippen molar-refractivity contribution in [3.8, 4) is 0 Å². The highest BCUT2D eigenvalue weighted by atomic mass is 16.5. The van der Waals surface area contributed by atoms with Crippen LogP contribution in [0.5, 0.6) is 0 Å². The molecule has 28 heavy (non-hydrogen) atoms. The molecule has 0 radical (unpaired) electrons. The number of unbranched alkanes of at least 4 members (excludes halogenated alkanes) is 17. The average molecular weight is 397 g/mol. The SMILES string of the molecule is CCCCCCCCCCCCCCCCCCCCOC[C@@H]1CCC[C@H]1O. The second-order valence-corrected chi connectivity index (χ2v) is 9.34. The predicted octanol–water partition coefficient (Wildman–Crippen LogP) is 8.21. The average Bonchev–Trinajstić information content (AvgIpc) is 3.11. The summed E-state index contributed by atoms with van der Waals surface area (Å²) >= 11 is 0. The molecule has 0 unspecified atom stereocenters. The molecule has 0 saturated heterocycles. The Morgan fingerprint density at radius 1 is 0.607 bits per heavy atom.